The van der Waals surface area contributed by atoms with Crippen molar-refractivity contribution in [3.8, 4) is 0 Å². The van der Waals surface area contributed by atoms with Gasteiger partial charge in [0.25, 0.3) is 10.0 Å². The van der Waals surface area contributed by atoms with Gasteiger partial charge in [0.2, 0.25) is 11.8 Å². The van der Waals surface area contributed by atoms with E-state index >= 15 is 0 Å². The fourth-order valence-electron chi connectivity index (χ4n) is 4.64. The molecule has 7 nitrogen and oxygen atoms in total. The number of hydrogen-bond donors (Lipinski definition) is 1. The predicted octanol–water partition coefficient (Wildman–Crippen LogP) is 6.85. The third-order valence-electron chi connectivity index (χ3n) is 7.26. The summed E-state index contributed by atoms with van der Waals surface area (Å²) in [6, 6.07) is 30.2. The van der Waals surface area contributed by atoms with Crippen LogP contribution in [0.5, 0.6) is 0 Å². The van der Waals surface area contributed by atoms with Crippen molar-refractivity contribution < 1.29 is 18.0 Å². The number of rotatable bonds is 13. The lowest BCUT2D eigenvalue weighted by Crippen LogP contribution is -2.54. The minimum absolute atomic E-state index is 0.0512. The first-order valence-corrected chi connectivity index (χ1v) is 16.9. The highest BCUT2D eigenvalue weighted by atomic mass is 79.9. The SMILES string of the molecule is CC[C@@H](C)NC(=O)[C@H](Cc1ccccc1)N(Cc1ccc(Cl)cc1)C(=O)CN(c1ccc(Br)cc1)S(=O)(=O)c1ccccc1. The molecule has 2 atom stereocenters. The van der Waals surface area contributed by atoms with Crippen LogP contribution in [0, 0.1) is 0 Å². The van der Waals surface area contributed by atoms with Crippen molar-refractivity contribution in [1.82, 2.24) is 10.2 Å². The molecule has 0 aliphatic heterocycles. The molecule has 0 aliphatic rings. The Kier molecular flexibility index (Phi) is 11.6. The van der Waals surface area contributed by atoms with E-state index in [2.05, 4.69) is 21.2 Å². The molecule has 4 aromatic carbocycles. The number of hydrogen-bond acceptors (Lipinski definition) is 4. The average Bonchev–Trinajstić information content (AvgIpc) is 3.03. The molecule has 0 heterocycles. The highest BCUT2D eigenvalue weighted by Gasteiger charge is 2.35. The molecule has 0 aliphatic carbocycles. The number of carbonyl (C=O) groups is 2. The molecule has 0 radical (unpaired) electrons. The molecule has 0 saturated heterocycles. The first-order valence-electron chi connectivity index (χ1n) is 14.3. The number of carbonyl (C=O) groups excluding carboxylic acids is 2. The van der Waals surface area contributed by atoms with E-state index in [0.717, 1.165) is 19.9 Å². The van der Waals surface area contributed by atoms with Crippen molar-refractivity contribution in [3.63, 3.8) is 0 Å². The molecule has 0 fully saturated rings. The Morgan fingerprint density at radius 2 is 1.43 bits per heavy atom. The second kappa shape index (κ2) is 15.4. The molecule has 44 heavy (non-hydrogen) atoms. The minimum Gasteiger partial charge on any atom is -0.352 e. The Bertz CT molecular complexity index is 1640. The molecule has 2 amide bonds. The van der Waals surface area contributed by atoms with Gasteiger partial charge in [0.05, 0.1) is 10.6 Å². The Balaban J connectivity index is 1.79. The molecular formula is C34H35BrClN3O4S. The summed E-state index contributed by atoms with van der Waals surface area (Å²) in [6.45, 7) is 3.43. The molecule has 1 N–H and O–H groups in total. The van der Waals surface area contributed by atoms with Gasteiger partial charge in [0.1, 0.15) is 12.6 Å². The van der Waals surface area contributed by atoms with Crippen LogP contribution >= 0.6 is 27.5 Å². The summed E-state index contributed by atoms with van der Waals surface area (Å²) in [5.41, 5.74) is 1.94. The van der Waals surface area contributed by atoms with Gasteiger partial charge in [-0.05, 0) is 73.0 Å². The molecule has 0 saturated carbocycles. The maximum Gasteiger partial charge on any atom is 0.264 e. The van der Waals surface area contributed by atoms with E-state index in [4.69, 9.17) is 11.6 Å². The molecule has 0 spiro atoms. The second-order valence-corrected chi connectivity index (χ2v) is 13.7. The summed E-state index contributed by atoms with van der Waals surface area (Å²) in [7, 11) is -4.15. The van der Waals surface area contributed by atoms with Crippen LogP contribution in [0.1, 0.15) is 31.4 Å². The third-order valence-corrected chi connectivity index (χ3v) is 9.83. The smallest absolute Gasteiger partial charge is 0.264 e. The topological polar surface area (TPSA) is 86.8 Å². The van der Waals surface area contributed by atoms with Crippen LogP contribution in [-0.4, -0.2) is 43.8 Å². The van der Waals surface area contributed by atoms with E-state index in [1.807, 2.05) is 44.2 Å². The standard InChI is InChI=1S/C34H35BrClN3O4S/c1-3-25(2)37-34(41)32(22-26-10-6-4-7-11-26)38(23-27-14-18-29(36)19-15-27)33(40)24-39(30-20-16-28(35)17-21-30)44(42,43)31-12-8-5-9-13-31/h4-21,25,32H,3,22-24H2,1-2H3,(H,37,41)/t25-,32+/m1/s1. The van der Waals surface area contributed by atoms with E-state index in [9.17, 15) is 18.0 Å². The van der Waals surface area contributed by atoms with Gasteiger partial charge in [-0.1, -0.05) is 95.1 Å². The lowest BCUT2D eigenvalue weighted by Gasteiger charge is -2.34. The molecule has 4 rings (SSSR count). The number of amides is 2. The highest BCUT2D eigenvalue weighted by molar-refractivity contribution is 9.10. The van der Waals surface area contributed by atoms with Crippen LogP contribution in [0.2, 0.25) is 5.02 Å². The molecular weight excluding hydrogens is 662 g/mol. The van der Waals surface area contributed by atoms with Crippen molar-refractivity contribution in [2.24, 2.45) is 0 Å². The first kappa shape index (κ1) is 33.2. The van der Waals surface area contributed by atoms with Gasteiger partial charge >= 0.3 is 0 Å². The fourth-order valence-corrected chi connectivity index (χ4v) is 6.46. The van der Waals surface area contributed by atoms with E-state index in [-0.39, 0.29) is 29.8 Å². The number of anilines is 1. The van der Waals surface area contributed by atoms with E-state index in [1.54, 1.807) is 66.7 Å². The zero-order valence-electron chi connectivity index (χ0n) is 24.6. The third kappa shape index (κ3) is 8.71. The summed E-state index contributed by atoms with van der Waals surface area (Å²) in [6.07, 6.45) is 0.952. The lowest BCUT2D eigenvalue weighted by molar-refractivity contribution is -0.140. The van der Waals surface area contributed by atoms with Crippen molar-refractivity contribution in [1.29, 1.82) is 0 Å². The number of benzene rings is 4. The monoisotopic (exact) mass is 695 g/mol. The first-order chi connectivity index (χ1) is 21.1. The molecule has 0 bridgehead atoms. The molecule has 230 valence electrons. The van der Waals surface area contributed by atoms with Gasteiger partial charge in [-0.25, -0.2) is 8.42 Å². The number of sulfonamides is 1. The van der Waals surface area contributed by atoms with Crippen molar-refractivity contribution in [3.05, 3.63) is 130 Å². The van der Waals surface area contributed by atoms with Crippen molar-refractivity contribution in [2.75, 3.05) is 10.8 Å². The lowest BCUT2D eigenvalue weighted by atomic mass is 10.0. The minimum atomic E-state index is -4.15. The van der Waals surface area contributed by atoms with Gasteiger partial charge < -0.3 is 10.2 Å². The van der Waals surface area contributed by atoms with Gasteiger partial charge in [-0.15, -0.1) is 0 Å². The maximum absolute atomic E-state index is 14.4. The van der Waals surface area contributed by atoms with E-state index < -0.39 is 28.5 Å². The average molecular weight is 697 g/mol. The van der Waals surface area contributed by atoms with Gasteiger partial charge in [-0.3, -0.25) is 13.9 Å². The van der Waals surface area contributed by atoms with Crippen LogP contribution in [0.3, 0.4) is 0 Å². The van der Waals surface area contributed by atoms with Gasteiger partial charge in [-0.2, -0.15) is 0 Å². The molecule has 0 unspecified atom stereocenters. The molecule has 0 aromatic heterocycles. The normalized spacial score (nSPS) is 12.6. The summed E-state index contributed by atoms with van der Waals surface area (Å²) < 4.78 is 29.9. The van der Waals surface area contributed by atoms with Gasteiger partial charge in [0, 0.05) is 28.5 Å². The fraction of sp³-hybridized carbons (Fsp3) is 0.235. The summed E-state index contributed by atoms with van der Waals surface area (Å²) in [5, 5.41) is 3.58. The number of nitrogens with one attached hydrogen (secondary N) is 1. The van der Waals surface area contributed by atoms with Crippen LogP contribution in [0.4, 0.5) is 5.69 Å². The zero-order chi connectivity index (χ0) is 31.7. The van der Waals surface area contributed by atoms with Crippen LogP contribution in [0.25, 0.3) is 0 Å². The summed E-state index contributed by atoms with van der Waals surface area (Å²) in [5.74, 6) is -0.839. The summed E-state index contributed by atoms with van der Waals surface area (Å²) >= 11 is 9.54. The second-order valence-electron chi connectivity index (χ2n) is 10.5. The predicted molar refractivity (Wildman–Crippen MR) is 179 cm³/mol. The van der Waals surface area contributed by atoms with Gasteiger partial charge in [0.15, 0.2) is 0 Å². The summed E-state index contributed by atoms with van der Waals surface area (Å²) in [4.78, 5) is 29.8. The Labute approximate surface area is 273 Å². The Hall–Kier alpha value is -3.66. The number of nitrogens with zero attached hydrogens (tertiary/aromatic N) is 2. The Morgan fingerprint density at radius 1 is 0.841 bits per heavy atom. The van der Waals surface area contributed by atoms with Crippen LogP contribution < -0.4 is 9.62 Å². The van der Waals surface area contributed by atoms with Crippen molar-refractivity contribution in [2.45, 2.75) is 50.2 Å². The van der Waals surface area contributed by atoms with E-state index in [1.165, 1.54) is 17.0 Å². The zero-order valence-corrected chi connectivity index (χ0v) is 27.7. The largest absolute Gasteiger partial charge is 0.352 e. The van der Waals surface area contributed by atoms with E-state index in [0.29, 0.717) is 17.1 Å². The molecule has 4 aromatic rings. The quantitative estimate of drug-likeness (QED) is 0.166. The Morgan fingerprint density at radius 3 is 2.02 bits per heavy atom. The number of halogens is 2. The van der Waals surface area contributed by atoms with Crippen molar-refractivity contribution >= 4 is 55.1 Å². The van der Waals surface area contributed by atoms with Crippen LogP contribution in [0.15, 0.2) is 119 Å². The maximum atomic E-state index is 14.4. The molecule has 10 heteroatoms. The van der Waals surface area contributed by atoms with Crippen LogP contribution in [-0.2, 0) is 32.6 Å². The highest BCUT2D eigenvalue weighted by Crippen LogP contribution is 2.26.